The fraction of sp³-hybridized carbons (Fsp3) is 0.750. The first kappa shape index (κ1) is 9.98. The highest BCUT2D eigenvalue weighted by atomic mass is 16.4. The molecular weight excluding hydrogens is 172 g/mol. The minimum absolute atomic E-state index is 0.0595. The Morgan fingerprint density at radius 3 is 2.69 bits per heavy atom. The zero-order valence-electron chi connectivity index (χ0n) is 7.78. The van der Waals surface area contributed by atoms with Crippen molar-refractivity contribution in [2.75, 3.05) is 13.1 Å². The van der Waals surface area contributed by atoms with Crippen LogP contribution in [0.25, 0.3) is 0 Å². The molecule has 1 aliphatic heterocycles. The Morgan fingerprint density at radius 2 is 2.31 bits per heavy atom. The predicted molar refractivity (Wildman–Crippen MR) is 46.3 cm³/mol. The maximum Gasteiger partial charge on any atom is 0.327 e. The number of carboxylic acid groups (broad SMARTS) is 1. The fourth-order valence-electron chi connectivity index (χ4n) is 1.53. The molecule has 1 amide bonds. The van der Waals surface area contributed by atoms with Gasteiger partial charge in [-0.2, -0.15) is 0 Å². The normalized spacial score (nSPS) is 23.8. The lowest BCUT2D eigenvalue weighted by atomic mass is 10.1. The molecule has 0 aliphatic carbocycles. The molecule has 1 aliphatic rings. The average molecular weight is 186 g/mol. The molecule has 2 N–H and O–H groups in total. The summed E-state index contributed by atoms with van der Waals surface area (Å²) in [5.74, 6) is -1.09. The van der Waals surface area contributed by atoms with Crippen molar-refractivity contribution in [3.05, 3.63) is 0 Å². The molecule has 1 heterocycles. The van der Waals surface area contributed by atoms with Gasteiger partial charge in [-0.05, 0) is 13.8 Å². The minimum atomic E-state index is -0.950. The van der Waals surface area contributed by atoms with Crippen LogP contribution in [0.15, 0.2) is 0 Å². The van der Waals surface area contributed by atoms with Gasteiger partial charge in [-0.15, -0.1) is 0 Å². The van der Waals surface area contributed by atoms with Crippen LogP contribution in [-0.2, 0) is 9.59 Å². The Morgan fingerprint density at radius 1 is 1.69 bits per heavy atom. The number of piperazine rings is 1. The quantitative estimate of drug-likeness (QED) is 0.597. The van der Waals surface area contributed by atoms with E-state index in [1.807, 2.05) is 13.8 Å². The van der Waals surface area contributed by atoms with Crippen LogP contribution in [-0.4, -0.2) is 47.1 Å². The SMILES string of the molecule is CC(C)N1C(=O)CNCC1C(=O)O. The summed E-state index contributed by atoms with van der Waals surface area (Å²) in [6.07, 6.45) is 0. The van der Waals surface area contributed by atoms with Gasteiger partial charge in [-0.1, -0.05) is 0 Å². The second-order valence-electron chi connectivity index (χ2n) is 3.38. The molecule has 0 radical (unpaired) electrons. The van der Waals surface area contributed by atoms with Crippen LogP contribution in [0.2, 0.25) is 0 Å². The van der Waals surface area contributed by atoms with Gasteiger partial charge in [0.1, 0.15) is 6.04 Å². The Hall–Kier alpha value is -1.10. The van der Waals surface area contributed by atoms with E-state index in [-0.39, 0.29) is 18.5 Å². The van der Waals surface area contributed by atoms with Crippen LogP contribution in [0.3, 0.4) is 0 Å². The second kappa shape index (κ2) is 3.74. The second-order valence-corrected chi connectivity index (χ2v) is 3.38. The molecule has 74 valence electrons. The smallest absolute Gasteiger partial charge is 0.327 e. The van der Waals surface area contributed by atoms with Crippen LogP contribution in [0, 0.1) is 0 Å². The van der Waals surface area contributed by atoms with Gasteiger partial charge >= 0.3 is 5.97 Å². The standard InChI is InChI=1S/C8H14N2O3/c1-5(2)10-6(8(12)13)3-9-4-7(10)11/h5-6,9H,3-4H2,1-2H3,(H,12,13). The van der Waals surface area contributed by atoms with Crippen LogP contribution in [0.4, 0.5) is 0 Å². The Kier molecular flexibility index (Phi) is 2.87. The summed E-state index contributed by atoms with van der Waals surface area (Å²) in [5.41, 5.74) is 0. The molecule has 1 atom stereocenters. The van der Waals surface area contributed by atoms with Crippen molar-refractivity contribution in [1.29, 1.82) is 0 Å². The highest BCUT2D eigenvalue weighted by molar-refractivity contribution is 5.86. The molecule has 5 nitrogen and oxygen atoms in total. The summed E-state index contributed by atoms with van der Waals surface area (Å²) in [7, 11) is 0. The first-order valence-corrected chi connectivity index (χ1v) is 4.28. The average Bonchev–Trinajstić information content (AvgIpc) is 2.02. The molecule has 0 spiro atoms. The largest absolute Gasteiger partial charge is 0.480 e. The monoisotopic (exact) mass is 186 g/mol. The van der Waals surface area contributed by atoms with Crippen LogP contribution < -0.4 is 5.32 Å². The topological polar surface area (TPSA) is 69.6 Å². The molecule has 1 rings (SSSR count). The third-order valence-corrected chi connectivity index (χ3v) is 2.08. The first-order valence-electron chi connectivity index (χ1n) is 4.28. The number of carboxylic acids is 1. The molecule has 1 fully saturated rings. The van der Waals surface area contributed by atoms with Crippen molar-refractivity contribution in [2.24, 2.45) is 0 Å². The summed E-state index contributed by atoms with van der Waals surface area (Å²) in [5, 5.41) is 11.6. The molecule has 13 heavy (non-hydrogen) atoms. The molecule has 1 saturated heterocycles. The molecule has 0 saturated carbocycles. The summed E-state index contributed by atoms with van der Waals surface area (Å²) in [4.78, 5) is 23.5. The number of rotatable bonds is 2. The van der Waals surface area contributed by atoms with E-state index in [9.17, 15) is 9.59 Å². The van der Waals surface area contributed by atoms with E-state index in [2.05, 4.69) is 5.32 Å². The molecule has 0 bridgehead atoms. The van der Waals surface area contributed by atoms with Gasteiger partial charge in [0.15, 0.2) is 0 Å². The van der Waals surface area contributed by atoms with Crippen LogP contribution >= 0.6 is 0 Å². The van der Waals surface area contributed by atoms with Crippen LogP contribution in [0.5, 0.6) is 0 Å². The summed E-state index contributed by atoms with van der Waals surface area (Å²) < 4.78 is 0. The number of nitrogens with zero attached hydrogens (tertiary/aromatic N) is 1. The lowest BCUT2D eigenvalue weighted by Crippen LogP contribution is -2.60. The Bertz CT molecular complexity index is 227. The number of hydrogen-bond donors (Lipinski definition) is 2. The maximum atomic E-state index is 11.4. The van der Waals surface area contributed by atoms with Gasteiger partial charge in [0.05, 0.1) is 6.54 Å². The molecule has 0 aromatic rings. The zero-order valence-corrected chi connectivity index (χ0v) is 7.78. The van der Waals surface area contributed by atoms with Gasteiger partial charge < -0.3 is 15.3 Å². The fourth-order valence-corrected chi connectivity index (χ4v) is 1.53. The van der Waals surface area contributed by atoms with Gasteiger partial charge in [-0.25, -0.2) is 4.79 Å². The van der Waals surface area contributed by atoms with Gasteiger partial charge in [-0.3, -0.25) is 4.79 Å². The maximum absolute atomic E-state index is 11.4. The molecule has 1 unspecified atom stereocenters. The van der Waals surface area contributed by atoms with Crippen molar-refractivity contribution in [1.82, 2.24) is 10.2 Å². The van der Waals surface area contributed by atoms with E-state index in [1.54, 1.807) is 0 Å². The van der Waals surface area contributed by atoms with Gasteiger partial charge in [0.25, 0.3) is 0 Å². The number of carbonyl (C=O) groups excluding carboxylic acids is 1. The van der Waals surface area contributed by atoms with E-state index >= 15 is 0 Å². The minimum Gasteiger partial charge on any atom is -0.480 e. The number of carbonyl (C=O) groups is 2. The van der Waals surface area contributed by atoms with Crippen LogP contribution in [0.1, 0.15) is 13.8 Å². The summed E-state index contributed by atoms with van der Waals surface area (Å²) in [6.45, 7) is 4.21. The molecule has 0 aromatic carbocycles. The Labute approximate surface area is 76.7 Å². The number of nitrogens with one attached hydrogen (secondary N) is 1. The highest BCUT2D eigenvalue weighted by Gasteiger charge is 2.34. The molecule has 0 aromatic heterocycles. The lowest BCUT2D eigenvalue weighted by molar-refractivity contribution is -0.153. The van der Waals surface area contributed by atoms with Crippen molar-refractivity contribution < 1.29 is 14.7 Å². The summed E-state index contributed by atoms with van der Waals surface area (Å²) in [6, 6.07) is -0.781. The highest BCUT2D eigenvalue weighted by Crippen LogP contribution is 2.09. The van der Waals surface area contributed by atoms with Crippen molar-refractivity contribution in [3.8, 4) is 0 Å². The van der Waals surface area contributed by atoms with E-state index in [0.717, 1.165) is 0 Å². The summed E-state index contributed by atoms with van der Waals surface area (Å²) >= 11 is 0. The molecule has 5 heteroatoms. The Balaban J connectivity index is 2.80. The van der Waals surface area contributed by atoms with Gasteiger partial charge in [0, 0.05) is 12.6 Å². The van der Waals surface area contributed by atoms with Gasteiger partial charge in [0.2, 0.25) is 5.91 Å². The number of amides is 1. The molecular formula is C8H14N2O3. The van der Waals surface area contributed by atoms with E-state index < -0.39 is 12.0 Å². The van der Waals surface area contributed by atoms with Crippen molar-refractivity contribution in [2.45, 2.75) is 25.9 Å². The van der Waals surface area contributed by atoms with Crippen molar-refractivity contribution >= 4 is 11.9 Å². The third-order valence-electron chi connectivity index (χ3n) is 2.08. The van der Waals surface area contributed by atoms with E-state index in [4.69, 9.17) is 5.11 Å². The third kappa shape index (κ3) is 1.98. The van der Waals surface area contributed by atoms with E-state index in [1.165, 1.54) is 4.90 Å². The first-order chi connectivity index (χ1) is 6.04. The predicted octanol–water partition coefficient (Wildman–Crippen LogP) is -0.720. The zero-order chi connectivity index (χ0) is 10.0. The lowest BCUT2D eigenvalue weighted by Gasteiger charge is -2.36. The number of aliphatic carboxylic acids is 1. The van der Waals surface area contributed by atoms with Crippen molar-refractivity contribution in [3.63, 3.8) is 0 Å². The number of hydrogen-bond acceptors (Lipinski definition) is 3. The van der Waals surface area contributed by atoms with E-state index in [0.29, 0.717) is 6.54 Å².